The molecule has 0 aliphatic carbocycles. The summed E-state index contributed by atoms with van der Waals surface area (Å²) >= 11 is 0. The van der Waals surface area contributed by atoms with Crippen LogP contribution in [0.3, 0.4) is 0 Å². The van der Waals surface area contributed by atoms with E-state index in [-0.39, 0.29) is 0 Å². The highest BCUT2D eigenvalue weighted by Gasteiger charge is 2.09. The lowest BCUT2D eigenvalue weighted by molar-refractivity contribution is 0.138. The standard InChI is InChI=1S/C25H27N3O3/c1-2-12-31-24-9-8-22-16-21(24)18-30-14-4-3-13-29-17-19-6-5-7-20(15-19)23-10-11-26-25(27-22)28-23/h3-11,15-16H,2,12-14,17-18H2,1H3,(H,26,27,28)/b4-3+. The van der Waals surface area contributed by atoms with Gasteiger partial charge in [-0.2, -0.15) is 0 Å². The molecule has 0 unspecified atom stereocenters. The lowest BCUT2D eigenvalue weighted by atomic mass is 10.1. The molecule has 1 aromatic heterocycles. The lowest BCUT2D eigenvalue weighted by Crippen LogP contribution is -2.03. The number of nitrogens with one attached hydrogen (secondary N) is 1. The average molecular weight is 418 g/mol. The SMILES string of the molecule is CCCOc1ccc2cc1COC/C=C/COCc1cccc(c1)-c1ccnc(n1)N2. The molecule has 0 saturated carbocycles. The van der Waals surface area contributed by atoms with Crippen LogP contribution in [-0.4, -0.2) is 29.8 Å². The van der Waals surface area contributed by atoms with Crippen LogP contribution in [-0.2, 0) is 22.7 Å². The van der Waals surface area contributed by atoms with Crippen LogP contribution < -0.4 is 10.1 Å². The minimum absolute atomic E-state index is 0.450. The van der Waals surface area contributed by atoms with Crippen molar-refractivity contribution in [3.63, 3.8) is 0 Å². The van der Waals surface area contributed by atoms with Crippen molar-refractivity contribution in [3.8, 4) is 17.0 Å². The minimum Gasteiger partial charge on any atom is -0.493 e. The van der Waals surface area contributed by atoms with E-state index in [0.717, 1.165) is 40.2 Å². The zero-order valence-corrected chi connectivity index (χ0v) is 17.7. The molecule has 0 spiro atoms. The molecule has 1 aliphatic heterocycles. The number of benzene rings is 2. The molecule has 0 saturated heterocycles. The molecule has 6 nitrogen and oxygen atoms in total. The van der Waals surface area contributed by atoms with Crippen LogP contribution in [0, 0.1) is 0 Å². The highest BCUT2D eigenvalue weighted by molar-refractivity contribution is 5.63. The summed E-state index contributed by atoms with van der Waals surface area (Å²) in [6, 6.07) is 16.1. The zero-order chi connectivity index (χ0) is 21.3. The summed E-state index contributed by atoms with van der Waals surface area (Å²) in [6.45, 7) is 4.79. The first-order chi connectivity index (χ1) is 15.3. The summed E-state index contributed by atoms with van der Waals surface area (Å²) < 4.78 is 17.5. The van der Waals surface area contributed by atoms with Crippen molar-refractivity contribution in [2.45, 2.75) is 26.6 Å². The van der Waals surface area contributed by atoms with Crippen LogP contribution in [0.4, 0.5) is 11.6 Å². The van der Waals surface area contributed by atoms with Gasteiger partial charge in [-0.1, -0.05) is 37.3 Å². The third-order valence-electron chi connectivity index (χ3n) is 4.78. The maximum absolute atomic E-state index is 5.89. The van der Waals surface area contributed by atoms with Crippen molar-refractivity contribution in [2.75, 3.05) is 25.1 Å². The number of nitrogens with zero attached hydrogens (tertiary/aromatic N) is 2. The molecule has 1 aliphatic rings. The van der Waals surface area contributed by atoms with E-state index in [1.165, 1.54) is 0 Å². The first kappa shape index (κ1) is 21.0. The number of hydrogen-bond donors (Lipinski definition) is 1. The Balaban J connectivity index is 1.65. The quantitative estimate of drug-likeness (QED) is 0.585. The molecule has 2 aromatic carbocycles. The Morgan fingerprint density at radius 2 is 1.87 bits per heavy atom. The fourth-order valence-electron chi connectivity index (χ4n) is 3.27. The van der Waals surface area contributed by atoms with Gasteiger partial charge in [0.05, 0.1) is 38.7 Å². The predicted molar refractivity (Wildman–Crippen MR) is 121 cm³/mol. The third kappa shape index (κ3) is 5.90. The van der Waals surface area contributed by atoms with Crippen molar-refractivity contribution in [1.82, 2.24) is 9.97 Å². The van der Waals surface area contributed by atoms with Gasteiger partial charge in [0.25, 0.3) is 0 Å². The second-order valence-electron chi connectivity index (χ2n) is 7.26. The number of rotatable bonds is 3. The van der Waals surface area contributed by atoms with Gasteiger partial charge in [-0.3, -0.25) is 0 Å². The number of fused-ring (bicyclic) bond motifs is 7. The Morgan fingerprint density at radius 3 is 2.74 bits per heavy atom. The van der Waals surface area contributed by atoms with Gasteiger partial charge in [0.1, 0.15) is 5.75 Å². The Hall–Kier alpha value is -3.22. The average Bonchev–Trinajstić information content (AvgIpc) is 2.80. The summed E-state index contributed by atoms with van der Waals surface area (Å²) in [7, 11) is 0. The first-order valence-corrected chi connectivity index (χ1v) is 10.6. The molecule has 0 fully saturated rings. The van der Waals surface area contributed by atoms with E-state index in [1.807, 2.05) is 48.6 Å². The highest BCUT2D eigenvalue weighted by Crippen LogP contribution is 2.26. The molecule has 2 heterocycles. The first-order valence-electron chi connectivity index (χ1n) is 10.6. The minimum atomic E-state index is 0.450. The largest absolute Gasteiger partial charge is 0.493 e. The Labute approximate surface area is 182 Å². The molecule has 1 N–H and O–H groups in total. The van der Waals surface area contributed by atoms with Crippen LogP contribution in [0.2, 0.25) is 0 Å². The molecule has 4 rings (SSSR count). The second-order valence-corrected chi connectivity index (χ2v) is 7.26. The summed E-state index contributed by atoms with van der Waals surface area (Å²) in [5, 5.41) is 3.31. The Morgan fingerprint density at radius 1 is 1.00 bits per heavy atom. The second kappa shape index (κ2) is 10.7. The van der Waals surface area contributed by atoms with Gasteiger partial charge in [-0.25, -0.2) is 9.97 Å². The molecule has 0 atom stereocenters. The number of anilines is 2. The van der Waals surface area contributed by atoms with Crippen LogP contribution in [0.1, 0.15) is 24.5 Å². The van der Waals surface area contributed by atoms with Crippen molar-refractivity contribution < 1.29 is 14.2 Å². The van der Waals surface area contributed by atoms with Crippen LogP contribution in [0.5, 0.6) is 5.75 Å². The fraction of sp³-hybridized carbons (Fsp3) is 0.280. The van der Waals surface area contributed by atoms with Gasteiger partial charge in [-0.05, 0) is 42.3 Å². The van der Waals surface area contributed by atoms with Crippen molar-refractivity contribution >= 4 is 11.6 Å². The number of aromatic nitrogens is 2. The molecular formula is C25H27N3O3. The number of hydrogen-bond acceptors (Lipinski definition) is 6. The molecular weight excluding hydrogens is 390 g/mol. The van der Waals surface area contributed by atoms with Crippen LogP contribution in [0.15, 0.2) is 66.9 Å². The van der Waals surface area contributed by atoms with Gasteiger partial charge in [-0.15, -0.1) is 0 Å². The summed E-state index contributed by atoms with van der Waals surface area (Å²) in [4.78, 5) is 9.08. The monoisotopic (exact) mass is 417 g/mol. The Kier molecular flexibility index (Phi) is 7.26. The summed E-state index contributed by atoms with van der Waals surface area (Å²) in [6.07, 6.45) is 6.67. The molecule has 160 valence electrons. The van der Waals surface area contributed by atoms with E-state index in [4.69, 9.17) is 19.2 Å². The van der Waals surface area contributed by atoms with E-state index in [0.29, 0.717) is 39.0 Å². The lowest BCUT2D eigenvalue weighted by Gasteiger charge is -2.14. The molecule has 0 amide bonds. The van der Waals surface area contributed by atoms with E-state index in [9.17, 15) is 0 Å². The number of ether oxygens (including phenoxy) is 3. The van der Waals surface area contributed by atoms with Gasteiger partial charge in [0.2, 0.25) is 5.95 Å². The smallest absolute Gasteiger partial charge is 0.227 e. The van der Waals surface area contributed by atoms with Crippen LogP contribution >= 0.6 is 0 Å². The molecule has 6 bridgehead atoms. The molecule has 0 radical (unpaired) electrons. The van der Waals surface area contributed by atoms with E-state index in [2.05, 4.69) is 29.4 Å². The fourth-order valence-corrected chi connectivity index (χ4v) is 3.27. The topological polar surface area (TPSA) is 65.5 Å². The van der Waals surface area contributed by atoms with E-state index < -0.39 is 0 Å². The maximum Gasteiger partial charge on any atom is 0.227 e. The van der Waals surface area contributed by atoms with Crippen molar-refractivity contribution in [2.24, 2.45) is 0 Å². The maximum atomic E-state index is 5.89. The third-order valence-corrected chi connectivity index (χ3v) is 4.78. The summed E-state index contributed by atoms with van der Waals surface area (Å²) in [5.74, 6) is 1.37. The predicted octanol–water partition coefficient (Wildman–Crippen LogP) is 5.28. The van der Waals surface area contributed by atoms with E-state index >= 15 is 0 Å². The van der Waals surface area contributed by atoms with Crippen molar-refractivity contribution in [3.05, 3.63) is 78.0 Å². The highest BCUT2D eigenvalue weighted by atomic mass is 16.5. The van der Waals surface area contributed by atoms with Gasteiger partial charge in [0.15, 0.2) is 0 Å². The van der Waals surface area contributed by atoms with Gasteiger partial charge < -0.3 is 19.5 Å². The zero-order valence-electron chi connectivity index (χ0n) is 17.7. The van der Waals surface area contributed by atoms with E-state index in [1.54, 1.807) is 6.20 Å². The molecule has 31 heavy (non-hydrogen) atoms. The molecule has 3 aromatic rings. The van der Waals surface area contributed by atoms with Gasteiger partial charge >= 0.3 is 0 Å². The van der Waals surface area contributed by atoms with Crippen molar-refractivity contribution in [1.29, 1.82) is 0 Å². The molecule has 6 heteroatoms. The Bertz CT molecular complexity index is 1040. The normalized spacial score (nSPS) is 15.3. The van der Waals surface area contributed by atoms with Crippen LogP contribution in [0.25, 0.3) is 11.3 Å². The van der Waals surface area contributed by atoms with Gasteiger partial charge in [0, 0.05) is 23.0 Å². The summed E-state index contributed by atoms with van der Waals surface area (Å²) in [5.41, 5.74) is 4.85.